The van der Waals surface area contributed by atoms with E-state index in [1.54, 1.807) is 16.0 Å². The Morgan fingerprint density at radius 1 is 1.21 bits per heavy atom. The number of carbonyl (C=O) groups is 1. The van der Waals surface area contributed by atoms with E-state index >= 15 is 0 Å². The third-order valence-corrected chi connectivity index (χ3v) is 4.99. The molecule has 0 radical (unpaired) electrons. The minimum absolute atomic E-state index is 0.120. The number of aromatic nitrogens is 4. The molecule has 1 N–H and O–H groups in total. The summed E-state index contributed by atoms with van der Waals surface area (Å²) in [4.78, 5) is 17.7. The van der Waals surface area contributed by atoms with Gasteiger partial charge in [0.25, 0.3) is 0 Å². The molecule has 0 fully saturated rings. The maximum Gasteiger partial charge on any atom is 0.227 e. The van der Waals surface area contributed by atoms with E-state index in [9.17, 15) is 4.79 Å². The van der Waals surface area contributed by atoms with Crippen LogP contribution in [0.1, 0.15) is 23.6 Å². The lowest BCUT2D eigenvalue weighted by atomic mass is 10.2. The van der Waals surface area contributed by atoms with Crippen LogP contribution in [0.5, 0.6) is 0 Å². The van der Waals surface area contributed by atoms with Crippen LogP contribution in [0.4, 0.5) is 5.82 Å². The summed E-state index contributed by atoms with van der Waals surface area (Å²) in [5.41, 5.74) is 1.97. The average Bonchev–Trinajstić information content (AvgIpc) is 3.42. The Kier molecular flexibility index (Phi) is 5.29. The molecule has 0 unspecified atom stereocenters. The van der Waals surface area contributed by atoms with Gasteiger partial charge in [0.1, 0.15) is 5.82 Å². The fourth-order valence-electron chi connectivity index (χ4n) is 2.81. The van der Waals surface area contributed by atoms with Gasteiger partial charge >= 0.3 is 0 Å². The van der Waals surface area contributed by atoms with Gasteiger partial charge in [0.05, 0.1) is 17.1 Å². The topological polar surface area (TPSA) is 85.8 Å². The van der Waals surface area contributed by atoms with E-state index in [1.165, 1.54) is 0 Å². The Balaban J connectivity index is 1.36. The van der Waals surface area contributed by atoms with E-state index in [0.717, 1.165) is 16.1 Å². The largest absolute Gasteiger partial charge is 0.339 e. The highest BCUT2D eigenvalue weighted by Gasteiger charge is 2.13. The first kappa shape index (κ1) is 18.1. The second kappa shape index (κ2) is 8.18. The molecule has 0 aliphatic rings. The fourth-order valence-corrected chi connectivity index (χ4v) is 3.46. The first-order valence-electron chi connectivity index (χ1n) is 8.92. The zero-order chi connectivity index (χ0) is 19.3. The molecule has 0 aliphatic heterocycles. The lowest BCUT2D eigenvalue weighted by Gasteiger charge is -2.08. The van der Waals surface area contributed by atoms with Gasteiger partial charge in [-0.05, 0) is 23.9 Å². The zero-order valence-corrected chi connectivity index (χ0v) is 16.1. The average molecular weight is 393 g/mol. The molecule has 0 saturated heterocycles. The maximum absolute atomic E-state index is 12.4. The highest BCUT2D eigenvalue weighted by molar-refractivity contribution is 7.13. The van der Waals surface area contributed by atoms with Crippen molar-refractivity contribution in [3.05, 3.63) is 71.1 Å². The smallest absolute Gasteiger partial charge is 0.227 e. The normalized spacial score (nSPS) is 10.9. The van der Waals surface area contributed by atoms with Crippen LogP contribution >= 0.6 is 11.3 Å². The van der Waals surface area contributed by atoms with Crippen molar-refractivity contribution in [3.63, 3.8) is 0 Å². The highest BCUT2D eigenvalue weighted by atomic mass is 32.1. The quantitative estimate of drug-likeness (QED) is 0.514. The number of amides is 1. The number of aryl methyl sites for hydroxylation is 2. The zero-order valence-electron chi connectivity index (χ0n) is 15.3. The standard InChI is InChI=1S/C20H19N5O2S/c1-14-12-17(25(23-14)13-15-6-3-2-4-7-15)21-18(26)9-10-19-22-20(24-27-19)16-8-5-11-28-16/h2-8,11-12H,9-10,13H2,1H3,(H,21,26). The molecule has 28 heavy (non-hydrogen) atoms. The van der Waals surface area contributed by atoms with Crippen LogP contribution in [0.15, 0.2) is 58.4 Å². The van der Waals surface area contributed by atoms with Crippen LogP contribution in [-0.4, -0.2) is 25.8 Å². The molecule has 0 saturated carbocycles. The summed E-state index contributed by atoms with van der Waals surface area (Å²) in [6.45, 7) is 2.50. The van der Waals surface area contributed by atoms with Crippen LogP contribution < -0.4 is 5.32 Å². The van der Waals surface area contributed by atoms with E-state index in [0.29, 0.717) is 30.5 Å². The van der Waals surface area contributed by atoms with E-state index in [-0.39, 0.29) is 12.3 Å². The molecule has 4 rings (SSSR count). The van der Waals surface area contributed by atoms with Gasteiger partial charge in [-0.25, -0.2) is 4.68 Å². The summed E-state index contributed by atoms with van der Waals surface area (Å²) in [5.74, 6) is 1.57. The Morgan fingerprint density at radius 2 is 2.07 bits per heavy atom. The van der Waals surface area contributed by atoms with Crippen molar-refractivity contribution < 1.29 is 9.32 Å². The number of benzene rings is 1. The van der Waals surface area contributed by atoms with Gasteiger partial charge in [0, 0.05) is 18.9 Å². The molecule has 1 aromatic carbocycles. The lowest BCUT2D eigenvalue weighted by molar-refractivity contribution is -0.116. The third-order valence-electron chi connectivity index (χ3n) is 4.12. The molecule has 0 aliphatic carbocycles. The summed E-state index contributed by atoms with van der Waals surface area (Å²) in [7, 11) is 0. The van der Waals surface area contributed by atoms with E-state index in [1.807, 2.05) is 60.8 Å². The SMILES string of the molecule is Cc1cc(NC(=O)CCc2nc(-c3cccs3)no2)n(Cc2ccccc2)n1. The van der Waals surface area contributed by atoms with Crippen LogP contribution in [0.2, 0.25) is 0 Å². The summed E-state index contributed by atoms with van der Waals surface area (Å²) < 4.78 is 7.04. The predicted molar refractivity (Wildman–Crippen MR) is 107 cm³/mol. The molecule has 142 valence electrons. The highest BCUT2D eigenvalue weighted by Crippen LogP contribution is 2.21. The predicted octanol–water partition coefficient (Wildman–Crippen LogP) is 3.92. The molecule has 1 amide bonds. The molecule has 3 aromatic heterocycles. The third kappa shape index (κ3) is 4.34. The van der Waals surface area contributed by atoms with Gasteiger partial charge in [0.2, 0.25) is 17.6 Å². The number of anilines is 1. The molecule has 0 atom stereocenters. The van der Waals surface area contributed by atoms with Crippen LogP contribution in [0, 0.1) is 6.92 Å². The molecular formula is C20H19N5O2S. The maximum atomic E-state index is 12.4. The molecule has 0 spiro atoms. The Hall–Kier alpha value is -3.26. The van der Waals surface area contributed by atoms with Crippen molar-refractivity contribution in [3.8, 4) is 10.7 Å². The number of hydrogen-bond acceptors (Lipinski definition) is 6. The summed E-state index contributed by atoms with van der Waals surface area (Å²) in [6.07, 6.45) is 0.637. The summed E-state index contributed by atoms with van der Waals surface area (Å²) >= 11 is 1.55. The molecule has 4 aromatic rings. The number of thiophene rings is 1. The minimum Gasteiger partial charge on any atom is -0.339 e. The van der Waals surface area contributed by atoms with Crippen molar-refractivity contribution in [2.45, 2.75) is 26.3 Å². The molecule has 7 nitrogen and oxygen atoms in total. The fraction of sp³-hybridized carbons (Fsp3) is 0.200. The Morgan fingerprint density at radius 3 is 2.86 bits per heavy atom. The van der Waals surface area contributed by atoms with Gasteiger partial charge in [-0.2, -0.15) is 10.1 Å². The minimum atomic E-state index is -0.120. The molecule has 0 bridgehead atoms. The second-order valence-electron chi connectivity index (χ2n) is 6.35. The number of hydrogen-bond donors (Lipinski definition) is 1. The number of nitrogens with one attached hydrogen (secondary N) is 1. The lowest BCUT2D eigenvalue weighted by Crippen LogP contribution is -2.16. The van der Waals surface area contributed by atoms with E-state index in [4.69, 9.17) is 4.52 Å². The number of rotatable bonds is 7. The van der Waals surface area contributed by atoms with Gasteiger partial charge in [-0.15, -0.1) is 11.3 Å². The van der Waals surface area contributed by atoms with E-state index in [2.05, 4.69) is 20.6 Å². The van der Waals surface area contributed by atoms with Gasteiger partial charge in [0.15, 0.2) is 0 Å². The summed E-state index contributed by atoms with van der Waals surface area (Å²) in [5, 5.41) is 13.3. The van der Waals surface area contributed by atoms with Crippen molar-refractivity contribution >= 4 is 23.1 Å². The monoisotopic (exact) mass is 393 g/mol. The molecular weight excluding hydrogens is 374 g/mol. The first-order valence-corrected chi connectivity index (χ1v) is 9.80. The van der Waals surface area contributed by atoms with Crippen LogP contribution in [0.25, 0.3) is 10.7 Å². The van der Waals surface area contributed by atoms with Crippen molar-refractivity contribution in [1.82, 2.24) is 19.9 Å². The van der Waals surface area contributed by atoms with Gasteiger partial charge in [-0.3, -0.25) is 4.79 Å². The number of carbonyl (C=O) groups excluding carboxylic acids is 1. The number of nitrogens with zero attached hydrogens (tertiary/aromatic N) is 4. The van der Waals surface area contributed by atoms with Crippen molar-refractivity contribution in [2.75, 3.05) is 5.32 Å². The second-order valence-corrected chi connectivity index (χ2v) is 7.30. The Labute approximate surface area is 166 Å². The first-order chi connectivity index (χ1) is 13.7. The van der Waals surface area contributed by atoms with Gasteiger partial charge in [-0.1, -0.05) is 41.6 Å². The molecule has 3 heterocycles. The van der Waals surface area contributed by atoms with E-state index < -0.39 is 0 Å². The van der Waals surface area contributed by atoms with Crippen LogP contribution in [0.3, 0.4) is 0 Å². The van der Waals surface area contributed by atoms with Crippen molar-refractivity contribution in [2.24, 2.45) is 0 Å². The Bertz CT molecular complexity index is 1050. The van der Waals surface area contributed by atoms with Crippen molar-refractivity contribution in [1.29, 1.82) is 0 Å². The van der Waals surface area contributed by atoms with Crippen LogP contribution in [-0.2, 0) is 17.8 Å². The summed E-state index contributed by atoms with van der Waals surface area (Å²) in [6, 6.07) is 15.7. The molecule has 8 heteroatoms. The van der Waals surface area contributed by atoms with Gasteiger partial charge < -0.3 is 9.84 Å².